The van der Waals surface area contributed by atoms with E-state index in [-0.39, 0.29) is 0 Å². The number of halogens is 1. The van der Waals surface area contributed by atoms with Crippen molar-refractivity contribution in [3.05, 3.63) is 12.2 Å². The van der Waals surface area contributed by atoms with Gasteiger partial charge in [0.2, 0.25) is 0 Å². The summed E-state index contributed by atoms with van der Waals surface area (Å²) >= 11 is 1.47. The molecule has 2 saturated carbocycles. The van der Waals surface area contributed by atoms with E-state index in [9.17, 15) is 0 Å². The van der Waals surface area contributed by atoms with Gasteiger partial charge in [-0.3, -0.25) is 5.57 Å². The quantitative estimate of drug-likeness (QED) is 0.378. The van der Waals surface area contributed by atoms with Gasteiger partial charge >= 0.3 is 28.7 Å². The van der Waals surface area contributed by atoms with Crippen molar-refractivity contribution in [1.29, 1.82) is 0 Å². The zero-order valence-corrected chi connectivity index (χ0v) is 13.3. The second-order valence-corrected chi connectivity index (χ2v) is 4.61. The first-order valence-corrected chi connectivity index (χ1v) is 8.63. The summed E-state index contributed by atoms with van der Waals surface area (Å²) in [6.45, 7) is 8.75. The van der Waals surface area contributed by atoms with Crippen LogP contribution in [0.2, 0.25) is 0 Å². The summed E-state index contributed by atoms with van der Waals surface area (Å²) in [4.78, 5) is 0. The normalized spacial score (nSPS) is 17.1. The van der Waals surface area contributed by atoms with Crippen molar-refractivity contribution >= 4 is 9.30 Å². The third-order valence-electron chi connectivity index (χ3n) is 2.50. The summed E-state index contributed by atoms with van der Waals surface area (Å²) in [5, 5.41) is 0. The van der Waals surface area contributed by atoms with Crippen molar-refractivity contribution < 1.29 is 19.4 Å². The molecule has 0 amide bonds. The Bertz CT molecular complexity index is 97.5. The van der Waals surface area contributed by atoms with E-state index < -0.39 is 0 Å². The van der Waals surface area contributed by atoms with Crippen molar-refractivity contribution in [3.63, 3.8) is 0 Å². The number of allylic oxidation sites excluding steroid dienone is 1. The van der Waals surface area contributed by atoms with Crippen LogP contribution in [0.5, 0.6) is 0 Å². The zero-order valence-electron chi connectivity index (χ0n) is 11.0. The molecule has 2 aliphatic rings. The van der Waals surface area contributed by atoms with Crippen LogP contribution in [0.4, 0.5) is 0 Å². The summed E-state index contributed by atoms with van der Waals surface area (Å²) in [5.74, 6) is 0. The molecular weight excluding hydrogens is 251 g/mol. The predicted octanol–water partition coefficient (Wildman–Crippen LogP) is 5.97. The average molecular weight is 279 g/mol. The van der Waals surface area contributed by atoms with Gasteiger partial charge in [-0.1, -0.05) is 78.1 Å². The van der Waals surface area contributed by atoms with Crippen molar-refractivity contribution in [1.82, 2.24) is 0 Å². The number of rotatable bonds is 0. The fourth-order valence-electron chi connectivity index (χ4n) is 1.77. The molecule has 0 bridgehead atoms. The van der Waals surface area contributed by atoms with Gasteiger partial charge < -0.3 is 6.58 Å². The van der Waals surface area contributed by atoms with E-state index in [2.05, 4.69) is 9.30 Å². The Morgan fingerprint density at radius 3 is 0.812 bits per heavy atom. The first kappa shape index (κ1) is 19.1. The van der Waals surface area contributed by atoms with Gasteiger partial charge in [-0.15, -0.1) is 0 Å². The van der Waals surface area contributed by atoms with Gasteiger partial charge in [0.05, 0.1) is 0 Å². The van der Waals surface area contributed by atoms with Crippen LogP contribution in [0, 0.1) is 6.58 Å². The van der Waals surface area contributed by atoms with Crippen LogP contribution in [-0.2, 0) is 19.4 Å². The predicted molar refractivity (Wildman–Crippen MR) is 71.2 cm³/mol. The van der Waals surface area contributed by atoms with Gasteiger partial charge in [0.15, 0.2) is 0 Å². The second kappa shape index (κ2) is 18.1. The molecule has 0 aromatic heterocycles. The SMILES string of the molecule is C1CCCC1.C1CCCC1.[CH-]=C(C)C.[Cl][Ti+3]. The topological polar surface area (TPSA) is 0 Å². The minimum absolute atomic E-state index is 0.917. The summed E-state index contributed by atoms with van der Waals surface area (Å²) in [5.41, 5.74) is 0.917. The Morgan fingerprint density at radius 1 is 0.688 bits per heavy atom. The molecule has 0 aliphatic heterocycles. The van der Waals surface area contributed by atoms with Crippen LogP contribution >= 0.6 is 9.30 Å². The molecule has 0 radical (unpaired) electrons. The molecule has 2 rings (SSSR count). The van der Waals surface area contributed by atoms with E-state index in [4.69, 9.17) is 6.58 Å². The Balaban J connectivity index is 0. The molecule has 2 heteroatoms. The van der Waals surface area contributed by atoms with Crippen LogP contribution in [0.1, 0.15) is 78.1 Å². The second-order valence-electron chi connectivity index (χ2n) is 4.61. The van der Waals surface area contributed by atoms with Crippen LogP contribution in [0.3, 0.4) is 0 Å². The van der Waals surface area contributed by atoms with Gasteiger partial charge in [0.1, 0.15) is 0 Å². The molecule has 16 heavy (non-hydrogen) atoms. The minimum atomic E-state index is 0.917. The molecule has 0 saturated heterocycles. The van der Waals surface area contributed by atoms with Crippen molar-refractivity contribution in [3.8, 4) is 0 Å². The van der Waals surface area contributed by atoms with E-state index in [1.165, 1.54) is 83.6 Å². The van der Waals surface area contributed by atoms with Gasteiger partial charge in [-0.25, -0.2) is 0 Å². The zero-order chi connectivity index (χ0) is 12.6. The van der Waals surface area contributed by atoms with Crippen molar-refractivity contribution in [2.75, 3.05) is 0 Å². The number of hydrogen-bond donors (Lipinski definition) is 0. The first-order valence-electron chi connectivity index (χ1n) is 6.48. The van der Waals surface area contributed by atoms with Crippen LogP contribution in [0.15, 0.2) is 5.57 Å². The van der Waals surface area contributed by atoms with E-state index in [1.54, 1.807) is 0 Å². The standard InChI is InChI=1S/2C5H10.C4H7.ClH.Ti/c2*1-2-4-5-3-1;1-4(2)3;;/h2*1-5H2;1H,2-3H3;1H;/q;;-1;;+4/p-1. The van der Waals surface area contributed by atoms with E-state index >= 15 is 0 Å². The Morgan fingerprint density at radius 2 is 0.750 bits per heavy atom. The Kier molecular flexibility index (Phi) is 21.6. The molecule has 0 aromatic rings. The van der Waals surface area contributed by atoms with Gasteiger partial charge in [0, 0.05) is 0 Å². The molecule has 2 aliphatic carbocycles. The summed E-state index contributed by atoms with van der Waals surface area (Å²) < 4.78 is 0. The monoisotopic (exact) mass is 278 g/mol. The fraction of sp³-hybridized carbons (Fsp3) is 0.857. The van der Waals surface area contributed by atoms with E-state index in [0.717, 1.165) is 5.57 Å². The van der Waals surface area contributed by atoms with Gasteiger partial charge in [-0.05, 0) is 0 Å². The Labute approximate surface area is 119 Å². The first-order chi connectivity index (χ1) is 7.73. The molecule has 2 fully saturated rings. The Hall–Kier alpha value is 0.744. The van der Waals surface area contributed by atoms with Crippen molar-refractivity contribution in [2.45, 2.75) is 78.1 Å². The third kappa shape index (κ3) is 24.1. The maximum atomic E-state index is 5.03. The van der Waals surface area contributed by atoms with E-state index in [0.29, 0.717) is 0 Å². The van der Waals surface area contributed by atoms with Crippen LogP contribution in [0.25, 0.3) is 0 Å². The molecule has 0 nitrogen and oxygen atoms in total. The van der Waals surface area contributed by atoms with Gasteiger partial charge in [0.25, 0.3) is 0 Å². The molecular formula is C14H27ClTi+2. The molecule has 0 unspecified atom stereocenters. The molecule has 0 spiro atoms. The molecule has 92 valence electrons. The summed E-state index contributed by atoms with van der Waals surface area (Å²) in [6, 6.07) is 0. The summed E-state index contributed by atoms with van der Waals surface area (Å²) in [7, 11) is 4.64. The number of hydrogen-bond acceptors (Lipinski definition) is 0. The van der Waals surface area contributed by atoms with Crippen LogP contribution in [-0.4, -0.2) is 0 Å². The molecule has 0 atom stereocenters. The summed E-state index contributed by atoms with van der Waals surface area (Å²) in [6.07, 6.45) is 15.0. The fourth-order valence-corrected chi connectivity index (χ4v) is 1.77. The van der Waals surface area contributed by atoms with E-state index in [1.807, 2.05) is 13.8 Å². The third-order valence-corrected chi connectivity index (χ3v) is 2.50. The van der Waals surface area contributed by atoms with Crippen molar-refractivity contribution in [2.24, 2.45) is 0 Å². The average Bonchev–Trinajstić information content (AvgIpc) is 2.99. The molecule has 0 N–H and O–H groups in total. The molecule has 0 heterocycles. The van der Waals surface area contributed by atoms with Crippen LogP contribution < -0.4 is 0 Å². The maximum absolute atomic E-state index is 5.03. The van der Waals surface area contributed by atoms with Gasteiger partial charge in [-0.2, -0.15) is 0 Å². The molecule has 0 aromatic carbocycles.